The van der Waals surface area contributed by atoms with Crippen LogP contribution in [0.4, 0.5) is 0 Å². The predicted octanol–water partition coefficient (Wildman–Crippen LogP) is 1.81. The average Bonchev–Trinajstić information content (AvgIpc) is 2.52. The monoisotopic (exact) mass is 212 g/mol. The summed E-state index contributed by atoms with van der Waals surface area (Å²) in [4.78, 5) is 4.27. The highest BCUT2D eigenvalue weighted by atomic mass is 16.5. The van der Waals surface area contributed by atoms with Crippen LogP contribution in [-0.2, 0) is 11.3 Å². The molecule has 0 unspecified atom stereocenters. The minimum atomic E-state index is 0.671. The minimum Gasteiger partial charge on any atom is -0.444 e. The number of aromatic nitrogens is 1. The third kappa shape index (κ3) is 4.44. The van der Waals surface area contributed by atoms with Gasteiger partial charge in [0.2, 0.25) is 5.89 Å². The maximum Gasteiger partial charge on any atom is 0.208 e. The molecular weight excluding hydrogens is 192 g/mol. The van der Waals surface area contributed by atoms with Crippen LogP contribution in [0.5, 0.6) is 0 Å². The molecule has 0 saturated carbocycles. The third-order valence-corrected chi connectivity index (χ3v) is 2.12. The van der Waals surface area contributed by atoms with E-state index in [0.29, 0.717) is 6.54 Å². The number of ether oxygens (including phenoxy) is 1. The van der Waals surface area contributed by atoms with E-state index in [1.165, 1.54) is 0 Å². The van der Waals surface area contributed by atoms with Crippen LogP contribution in [-0.4, -0.2) is 24.7 Å². The molecule has 0 aromatic carbocycles. The van der Waals surface area contributed by atoms with E-state index < -0.39 is 0 Å². The highest BCUT2D eigenvalue weighted by Crippen LogP contribution is 2.07. The van der Waals surface area contributed by atoms with Crippen LogP contribution in [0.2, 0.25) is 0 Å². The van der Waals surface area contributed by atoms with Crippen LogP contribution >= 0.6 is 0 Å². The standard InChI is InChI=1S/C11H20N2O2/c1-4-6-14-7-5-12-8-11-13-9(2)10(3)15-11/h12H,4-8H2,1-3H3. The van der Waals surface area contributed by atoms with Crippen molar-refractivity contribution in [2.75, 3.05) is 19.8 Å². The largest absolute Gasteiger partial charge is 0.444 e. The van der Waals surface area contributed by atoms with E-state index in [-0.39, 0.29) is 0 Å². The van der Waals surface area contributed by atoms with Crippen molar-refractivity contribution in [3.05, 3.63) is 17.3 Å². The fraction of sp³-hybridized carbons (Fsp3) is 0.727. The maximum absolute atomic E-state index is 5.43. The zero-order valence-corrected chi connectivity index (χ0v) is 9.80. The molecule has 86 valence electrons. The van der Waals surface area contributed by atoms with Crippen molar-refractivity contribution in [1.82, 2.24) is 10.3 Å². The van der Waals surface area contributed by atoms with Gasteiger partial charge in [-0.25, -0.2) is 4.98 Å². The molecule has 0 aliphatic carbocycles. The lowest BCUT2D eigenvalue weighted by Crippen LogP contribution is -2.19. The van der Waals surface area contributed by atoms with Crippen molar-refractivity contribution in [3.63, 3.8) is 0 Å². The number of nitrogens with zero attached hydrogens (tertiary/aromatic N) is 1. The lowest BCUT2D eigenvalue weighted by Gasteiger charge is -2.02. The SMILES string of the molecule is CCCOCCNCc1nc(C)c(C)o1. The lowest BCUT2D eigenvalue weighted by atomic mass is 10.4. The molecule has 15 heavy (non-hydrogen) atoms. The van der Waals surface area contributed by atoms with Gasteiger partial charge in [-0.15, -0.1) is 0 Å². The number of nitrogens with one attached hydrogen (secondary N) is 1. The predicted molar refractivity (Wildman–Crippen MR) is 58.8 cm³/mol. The summed E-state index contributed by atoms with van der Waals surface area (Å²) >= 11 is 0. The summed E-state index contributed by atoms with van der Waals surface area (Å²) in [5, 5.41) is 3.22. The van der Waals surface area contributed by atoms with Crippen LogP contribution in [0.3, 0.4) is 0 Å². The Labute approximate surface area is 91.0 Å². The summed E-state index contributed by atoms with van der Waals surface area (Å²) in [6.07, 6.45) is 1.07. The van der Waals surface area contributed by atoms with Crippen molar-refractivity contribution >= 4 is 0 Å². The summed E-state index contributed by atoms with van der Waals surface area (Å²) in [5.74, 6) is 1.65. The quantitative estimate of drug-likeness (QED) is 0.700. The molecule has 4 heteroatoms. The van der Waals surface area contributed by atoms with Gasteiger partial charge in [0.1, 0.15) is 5.76 Å². The molecule has 1 heterocycles. The second-order valence-electron chi connectivity index (χ2n) is 3.54. The normalized spacial score (nSPS) is 10.9. The van der Waals surface area contributed by atoms with Gasteiger partial charge in [0.15, 0.2) is 0 Å². The number of hydrogen-bond acceptors (Lipinski definition) is 4. The Kier molecular flexibility index (Phi) is 5.36. The number of oxazole rings is 1. The Morgan fingerprint density at radius 3 is 2.73 bits per heavy atom. The first-order valence-electron chi connectivity index (χ1n) is 5.45. The van der Waals surface area contributed by atoms with E-state index in [9.17, 15) is 0 Å². The Morgan fingerprint density at radius 2 is 2.13 bits per heavy atom. The Balaban J connectivity index is 2.10. The molecule has 1 N–H and O–H groups in total. The van der Waals surface area contributed by atoms with Crippen molar-refractivity contribution in [3.8, 4) is 0 Å². The van der Waals surface area contributed by atoms with Crippen molar-refractivity contribution < 1.29 is 9.15 Å². The van der Waals surface area contributed by atoms with Gasteiger partial charge >= 0.3 is 0 Å². The Morgan fingerprint density at radius 1 is 1.33 bits per heavy atom. The molecule has 1 rings (SSSR count). The minimum absolute atomic E-state index is 0.671. The van der Waals surface area contributed by atoms with Crippen LogP contribution in [0.15, 0.2) is 4.42 Å². The summed E-state index contributed by atoms with van der Waals surface area (Å²) < 4.78 is 10.8. The van der Waals surface area contributed by atoms with Crippen LogP contribution in [0.1, 0.15) is 30.7 Å². The van der Waals surface area contributed by atoms with Gasteiger partial charge in [-0.1, -0.05) is 6.92 Å². The fourth-order valence-corrected chi connectivity index (χ4v) is 1.20. The topological polar surface area (TPSA) is 47.3 Å². The van der Waals surface area contributed by atoms with Crippen LogP contribution < -0.4 is 5.32 Å². The van der Waals surface area contributed by atoms with Gasteiger partial charge in [-0.3, -0.25) is 0 Å². The molecule has 0 atom stereocenters. The van der Waals surface area contributed by atoms with E-state index in [4.69, 9.17) is 9.15 Å². The van der Waals surface area contributed by atoms with Gasteiger partial charge in [0.25, 0.3) is 0 Å². The summed E-state index contributed by atoms with van der Waals surface area (Å²) in [7, 11) is 0. The van der Waals surface area contributed by atoms with Gasteiger partial charge in [0, 0.05) is 13.2 Å². The van der Waals surface area contributed by atoms with E-state index in [1.807, 2.05) is 13.8 Å². The molecule has 0 aliphatic heterocycles. The summed E-state index contributed by atoms with van der Waals surface area (Å²) in [6.45, 7) is 9.06. The van der Waals surface area contributed by atoms with Crippen molar-refractivity contribution in [1.29, 1.82) is 0 Å². The molecule has 4 nitrogen and oxygen atoms in total. The van der Waals surface area contributed by atoms with Crippen molar-refractivity contribution in [2.24, 2.45) is 0 Å². The zero-order chi connectivity index (χ0) is 11.1. The molecule has 1 aromatic heterocycles. The van der Waals surface area contributed by atoms with Crippen molar-refractivity contribution in [2.45, 2.75) is 33.7 Å². The molecular formula is C11H20N2O2. The van der Waals surface area contributed by atoms with E-state index in [1.54, 1.807) is 0 Å². The summed E-state index contributed by atoms with van der Waals surface area (Å²) in [5.41, 5.74) is 0.967. The van der Waals surface area contributed by atoms with E-state index >= 15 is 0 Å². The number of hydrogen-bond donors (Lipinski definition) is 1. The van der Waals surface area contributed by atoms with Gasteiger partial charge in [-0.05, 0) is 20.3 Å². The molecule has 1 aromatic rings. The highest BCUT2D eigenvalue weighted by Gasteiger charge is 2.03. The van der Waals surface area contributed by atoms with Crippen LogP contribution in [0.25, 0.3) is 0 Å². The molecule has 0 radical (unpaired) electrons. The smallest absolute Gasteiger partial charge is 0.208 e. The second-order valence-corrected chi connectivity index (χ2v) is 3.54. The zero-order valence-electron chi connectivity index (χ0n) is 9.80. The van der Waals surface area contributed by atoms with Crippen LogP contribution in [0, 0.1) is 13.8 Å². The van der Waals surface area contributed by atoms with Gasteiger partial charge in [-0.2, -0.15) is 0 Å². The second kappa shape index (κ2) is 6.58. The Hall–Kier alpha value is -0.870. The molecule has 0 aliphatic rings. The highest BCUT2D eigenvalue weighted by molar-refractivity contribution is 5.04. The molecule has 0 fully saturated rings. The summed E-state index contributed by atoms with van der Waals surface area (Å²) in [6, 6.07) is 0. The molecule has 0 bridgehead atoms. The lowest BCUT2D eigenvalue weighted by molar-refractivity contribution is 0.136. The van der Waals surface area contributed by atoms with E-state index in [0.717, 1.165) is 43.5 Å². The molecule has 0 spiro atoms. The third-order valence-electron chi connectivity index (χ3n) is 2.12. The first-order chi connectivity index (χ1) is 7.24. The van der Waals surface area contributed by atoms with Gasteiger partial charge < -0.3 is 14.5 Å². The first-order valence-corrected chi connectivity index (χ1v) is 5.45. The van der Waals surface area contributed by atoms with Gasteiger partial charge in [0.05, 0.1) is 18.8 Å². The Bertz CT molecular complexity index is 265. The number of rotatable bonds is 7. The van der Waals surface area contributed by atoms with E-state index in [2.05, 4.69) is 17.2 Å². The maximum atomic E-state index is 5.43. The molecule has 0 saturated heterocycles. The fourth-order valence-electron chi connectivity index (χ4n) is 1.20. The molecule has 0 amide bonds. The average molecular weight is 212 g/mol. The number of aryl methyl sites for hydroxylation is 2. The first kappa shape index (κ1) is 12.2.